The molecule has 2 saturated heterocycles. The molecule has 1 amide bonds. The van der Waals surface area contributed by atoms with E-state index in [1.165, 1.54) is 11.6 Å². The molecule has 2 fully saturated rings. The monoisotopic (exact) mass is 469 g/mol. The Morgan fingerprint density at radius 2 is 1.97 bits per heavy atom. The first-order chi connectivity index (χ1) is 15.9. The number of amides is 1. The first-order valence-corrected chi connectivity index (χ1v) is 12.6. The van der Waals surface area contributed by atoms with Gasteiger partial charge in [0.05, 0.1) is 6.04 Å². The summed E-state index contributed by atoms with van der Waals surface area (Å²) in [6.07, 6.45) is 2.67. The fourth-order valence-electron chi connectivity index (χ4n) is 4.76. The summed E-state index contributed by atoms with van der Waals surface area (Å²) in [4.78, 5) is 18.1. The fourth-order valence-corrected chi connectivity index (χ4v) is 5.93. The van der Waals surface area contributed by atoms with Crippen molar-refractivity contribution in [3.63, 3.8) is 0 Å². The molecule has 4 rings (SSSR count). The van der Waals surface area contributed by atoms with E-state index in [1.807, 2.05) is 11.0 Å². The third kappa shape index (κ3) is 6.11. The molecular formula is C25H33BFN3O2S. The van der Waals surface area contributed by atoms with Gasteiger partial charge in [-0.05, 0) is 74.9 Å². The van der Waals surface area contributed by atoms with E-state index in [9.17, 15) is 9.18 Å². The third-order valence-electron chi connectivity index (χ3n) is 6.61. The smallest absolute Gasteiger partial charge is 0.410 e. The van der Waals surface area contributed by atoms with Gasteiger partial charge >= 0.3 is 6.09 Å². The molecule has 0 aromatic heterocycles. The zero-order valence-electron chi connectivity index (χ0n) is 19.7. The second-order valence-electron chi connectivity index (χ2n) is 9.30. The number of benzene rings is 2. The third-order valence-corrected chi connectivity index (χ3v) is 7.86. The van der Waals surface area contributed by atoms with Gasteiger partial charge in [0.1, 0.15) is 12.4 Å². The van der Waals surface area contributed by atoms with Crippen molar-refractivity contribution in [3.8, 4) is 0 Å². The molecule has 2 aliphatic heterocycles. The van der Waals surface area contributed by atoms with Crippen LogP contribution in [0.15, 0.2) is 53.4 Å². The first-order valence-electron chi connectivity index (χ1n) is 11.8. The summed E-state index contributed by atoms with van der Waals surface area (Å²) in [6.45, 7) is 6.89. The number of aryl methyl sites for hydroxylation is 1. The number of rotatable bonds is 5. The van der Waals surface area contributed by atoms with Crippen molar-refractivity contribution in [1.29, 1.82) is 0 Å². The molecule has 0 bridgehead atoms. The molecule has 3 atom stereocenters. The van der Waals surface area contributed by atoms with Gasteiger partial charge in [-0.1, -0.05) is 29.8 Å². The lowest BCUT2D eigenvalue weighted by molar-refractivity contribution is 0.0456. The summed E-state index contributed by atoms with van der Waals surface area (Å²) >= 11 is 1.68. The SMILES string of the molecule is BN1CCN(C(=O)OCC2CCCC(c3cccc(F)c3)N2Sc2ccc(C)cc2)C(C)C1. The molecule has 33 heavy (non-hydrogen) atoms. The van der Waals surface area contributed by atoms with E-state index >= 15 is 0 Å². The minimum atomic E-state index is -0.233. The highest BCUT2D eigenvalue weighted by Crippen LogP contribution is 2.42. The van der Waals surface area contributed by atoms with Crippen LogP contribution in [0.5, 0.6) is 0 Å². The number of carbonyl (C=O) groups is 1. The van der Waals surface area contributed by atoms with Crippen LogP contribution in [-0.2, 0) is 4.74 Å². The maximum absolute atomic E-state index is 14.0. The van der Waals surface area contributed by atoms with E-state index in [-0.39, 0.29) is 30.0 Å². The topological polar surface area (TPSA) is 36.0 Å². The Balaban J connectivity index is 1.50. The molecule has 0 spiro atoms. The van der Waals surface area contributed by atoms with Crippen molar-refractivity contribution in [2.45, 2.75) is 56.1 Å². The quantitative estimate of drug-likeness (QED) is 0.479. The molecule has 0 aliphatic carbocycles. The van der Waals surface area contributed by atoms with Crippen molar-refractivity contribution in [1.82, 2.24) is 14.0 Å². The van der Waals surface area contributed by atoms with Gasteiger partial charge in [-0.3, -0.25) is 0 Å². The Labute approximate surface area is 201 Å². The standard InChI is InChI=1S/C25H33BFN3O2S/c1-18-9-11-23(12-10-18)33-30-22(7-4-8-24(30)20-5-3-6-21(27)15-20)17-32-25(31)29-14-13-28(26)16-19(29)2/h3,5-6,9-12,15,19,22,24H,4,7-8,13-14,16-17,26H2,1-2H3. The van der Waals surface area contributed by atoms with E-state index in [2.05, 4.69) is 55.2 Å². The number of hydrogen-bond donors (Lipinski definition) is 0. The van der Waals surface area contributed by atoms with E-state index in [4.69, 9.17) is 4.74 Å². The minimum Gasteiger partial charge on any atom is -0.448 e. The molecular weight excluding hydrogens is 436 g/mol. The number of nitrogens with zero attached hydrogens (tertiary/aromatic N) is 3. The largest absolute Gasteiger partial charge is 0.448 e. The summed E-state index contributed by atoms with van der Waals surface area (Å²) in [5.74, 6) is -0.217. The Hall–Kier alpha value is -2.03. The molecule has 2 heterocycles. The molecule has 176 valence electrons. The van der Waals surface area contributed by atoms with Crippen molar-refractivity contribution in [3.05, 3.63) is 65.5 Å². The lowest BCUT2D eigenvalue weighted by atomic mass is 9.93. The number of piperazine rings is 1. The average molecular weight is 469 g/mol. The second-order valence-corrected chi connectivity index (χ2v) is 10.4. The summed E-state index contributed by atoms with van der Waals surface area (Å²) < 4.78 is 22.2. The van der Waals surface area contributed by atoms with E-state index < -0.39 is 0 Å². The summed E-state index contributed by atoms with van der Waals surface area (Å²) in [7, 11) is 2.08. The maximum atomic E-state index is 14.0. The van der Waals surface area contributed by atoms with Crippen molar-refractivity contribution < 1.29 is 13.9 Å². The van der Waals surface area contributed by atoms with E-state index in [0.29, 0.717) is 13.2 Å². The van der Waals surface area contributed by atoms with Crippen LogP contribution in [0.25, 0.3) is 0 Å². The van der Waals surface area contributed by atoms with E-state index in [1.54, 1.807) is 24.1 Å². The van der Waals surface area contributed by atoms with E-state index in [0.717, 1.165) is 42.8 Å². The van der Waals surface area contributed by atoms with Crippen LogP contribution < -0.4 is 0 Å². The lowest BCUT2D eigenvalue weighted by Gasteiger charge is -2.42. The molecule has 2 aromatic carbocycles. The highest BCUT2D eigenvalue weighted by atomic mass is 32.2. The Kier molecular flexibility index (Phi) is 7.99. The number of hydrogen-bond acceptors (Lipinski definition) is 5. The molecule has 5 nitrogen and oxygen atoms in total. The Morgan fingerprint density at radius 3 is 2.70 bits per heavy atom. The van der Waals surface area contributed by atoms with Gasteiger partial charge in [0.15, 0.2) is 7.98 Å². The van der Waals surface area contributed by atoms with Gasteiger partial charge in [-0.15, -0.1) is 0 Å². The average Bonchev–Trinajstić information content (AvgIpc) is 2.79. The highest BCUT2D eigenvalue weighted by molar-refractivity contribution is 7.97. The zero-order chi connectivity index (χ0) is 23.4. The molecule has 3 unspecified atom stereocenters. The molecule has 0 radical (unpaired) electrons. The van der Waals surface area contributed by atoms with Crippen molar-refractivity contribution in [2.75, 3.05) is 26.2 Å². The molecule has 0 N–H and O–H groups in total. The molecule has 2 aliphatic rings. The number of carbonyl (C=O) groups excluding carboxylic acids is 1. The van der Waals surface area contributed by atoms with Crippen molar-refractivity contribution in [2.24, 2.45) is 0 Å². The first kappa shape index (κ1) is 24.1. The predicted octanol–water partition coefficient (Wildman–Crippen LogP) is 4.43. The van der Waals surface area contributed by atoms with Gasteiger partial charge in [0, 0.05) is 36.6 Å². The lowest BCUT2D eigenvalue weighted by Crippen LogP contribution is -2.53. The van der Waals surface area contributed by atoms with Gasteiger partial charge in [0.25, 0.3) is 0 Å². The fraction of sp³-hybridized carbons (Fsp3) is 0.480. The van der Waals surface area contributed by atoms with Crippen LogP contribution >= 0.6 is 11.9 Å². The Morgan fingerprint density at radius 1 is 1.18 bits per heavy atom. The summed E-state index contributed by atoms with van der Waals surface area (Å²) in [5.41, 5.74) is 2.18. The van der Waals surface area contributed by atoms with Crippen LogP contribution in [0.1, 0.15) is 43.4 Å². The number of ether oxygens (including phenoxy) is 1. The normalized spacial score (nSPS) is 24.6. The van der Waals surface area contributed by atoms with Gasteiger partial charge in [-0.2, -0.15) is 0 Å². The van der Waals surface area contributed by atoms with Gasteiger partial charge in [0.2, 0.25) is 0 Å². The second kappa shape index (κ2) is 10.9. The zero-order valence-corrected chi connectivity index (χ0v) is 20.6. The highest BCUT2D eigenvalue weighted by Gasteiger charge is 2.35. The summed E-state index contributed by atoms with van der Waals surface area (Å²) in [5, 5.41) is 0. The van der Waals surface area contributed by atoms with Gasteiger partial charge in [-0.25, -0.2) is 13.5 Å². The van der Waals surface area contributed by atoms with Gasteiger partial charge < -0.3 is 14.4 Å². The number of halogens is 1. The molecule has 2 aromatic rings. The van der Waals surface area contributed by atoms with Crippen molar-refractivity contribution >= 4 is 26.0 Å². The Bertz CT molecular complexity index is 948. The van der Waals surface area contributed by atoms with Crippen LogP contribution in [0.4, 0.5) is 9.18 Å². The molecule has 0 saturated carbocycles. The van der Waals surface area contributed by atoms with Crippen LogP contribution in [0.3, 0.4) is 0 Å². The van der Waals surface area contributed by atoms with Crippen LogP contribution in [0, 0.1) is 12.7 Å². The van der Waals surface area contributed by atoms with Crippen LogP contribution in [-0.4, -0.2) is 66.4 Å². The summed E-state index contributed by atoms with van der Waals surface area (Å²) in [6, 6.07) is 15.6. The maximum Gasteiger partial charge on any atom is 0.410 e. The minimum absolute atomic E-state index is 0.0602. The molecule has 8 heteroatoms. The van der Waals surface area contributed by atoms with Crippen LogP contribution in [0.2, 0.25) is 0 Å². The predicted molar refractivity (Wildman–Crippen MR) is 133 cm³/mol. The number of piperidine rings is 1.